The van der Waals surface area contributed by atoms with Crippen LogP contribution in [0.1, 0.15) is 17.2 Å². The lowest BCUT2D eigenvalue weighted by molar-refractivity contribution is 0.243. The number of carbonyl (C=O) groups excluding carboxylic acids is 1. The van der Waals surface area contributed by atoms with Crippen LogP contribution >= 0.6 is 11.6 Å². The van der Waals surface area contributed by atoms with Crippen molar-refractivity contribution in [1.29, 1.82) is 0 Å². The number of amides is 2. The highest BCUT2D eigenvalue weighted by Crippen LogP contribution is 2.29. The second-order valence-electron chi connectivity index (χ2n) is 6.29. The third-order valence-electron chi connectivity index (χ3n) is 4.28. The molecule has 2 amide bonds. The summed E-state index contributed by atoms with van der Waals surface area (Å²) in [6.07, 6.45) is 0.938. The lowest BCUT2D eigenvalue weighted by Crippen LogP contribution is -2.36. The molecule has 5 nitrogen and oxygen atoms in total. The summed E-state index contributed by atoms with van der Waals surface area (Å²) < 4.78 is 5.56. The van der Waals surface area contributed by atoms with Crippen LogP contribution in [0.2, 0.25) is 5.02 Å². The number of carbonyl (C=O) groups is 1. The van der Waals surface area contributed by atoms with Crippen LogP contribution < -0.4 is 15.4 Å². The molecule has 1 heterocycles. The molecule has 132 valence electrons. The fourth-order valence-corrected chi connectivity index (χ4v) is 3.04. The first-order valence-electron chi connectivity index (χ1n) is 8.25. The number of benzene rings is 2. The Morgan fingerprint density at radius 1 is 1.24 bits per heavy atom. The Bertz CT molecular complexity index is 747. The number of rotatable bonds is 5. The number of anilines is 1. The first-order chi connectivity index (χ1) is 12.0. The van der Waals surface area contributed by atoms with Gasteiger partial charge in [0.1, 0.15) is 5.75 Å². The van der Waals surface area contributed by atoms with Crippen molar-refractivity contribution in [2.24, 2.45) is 0 Å². The lowest BCUT2D eigenvalue weighted by atomic mass is 10.0. The summed E-state index contributed by atoms with van der Waals surface area (Å²) in [5, 5.41) is 6.38. The Kier molecular flexibility index (Phi) is 5.46. The quantitative estimate of drug-likeness (QED) is 0.855. The van der Waals surface area contributed by atoms with Crippen LogP contribution in [0.15, 0.2) is 42.5 Å². The molecule has 0 fully saturated rings. The Labute approximate surface area is 152 Å². The largest absolute Gasteiger partial charge is 0.493 e. The Morgan fingerprint density at radius 2 is 2.00 bits per heavy atom. The molecule has 1 aliphatic heterocycles. The van der Waals surface area contributed by atoms with E-state index in [0.29, 0.717) is 17.3 Å². The van der Waals surface area contributed by atoms with Gasteiger partial charge < -0.3 is 20.3 Å². The molecule has 0 spiro atoms. The third-order valence-corrected chi connectivity index (χ3v) is 4.53. The summed E-state index contributed by atoms with van der Waals surface area (Å²) >= 11 is 5.85. The minimum absolute atomic E-state index is 0.0851. The average molecular weight is 360 g/mol. The molecule has 0 aromatic heterocycles. The van der Waals surface area contributed by atoms with Crippen molar-refractivity contribution in [3.8, 4) is 5.75 Å². The summed E-state index contributed by atoms with van der Waals surface area (Å²) in [7, 11) is 4.01. The van der Waals surface area contributed by atoms with E-state index in [1.165, 1.54) is 11.1 Å². The molecule has 0 saturated carbocycles. The molecular formula is C19H22ClN3O2. The van der Waals surface area contributed by atoms with Gasteiger partial charge in [0.25, 0.3) is 0 Å². The third kappa shape index (κ3) is 4.44. The van der Waals surface area contributed by atoms with E-state index < -0.39 is 0 Å². The second-order valence-corrected chi connectivity index (χ2v) is 6.72. The van der Waals surface area contributed by atoms with Crippen molar-refractivity contribution in [1.82, 2.24) is 10.2 Å². The van der Waals surface area contributed by atoms with Gasteiger partial charge in [0.05, 0.1) is 12.6 Å². The van der Waals surface area contributed by atoms with Crippen molar-refractivity contribution in [3.05, 3.63) is 58.6 Å². The SMILES string of the molecule is CN(C)C(CNC(=O)Nc1ccc(Cl)cc1)c1ccc2c(c1)CCO2. The maximum absolute atomic E-state index is 12.1. The van der Waals surface area contributed by atoms with Gasteiger partial charge in [0.2, 0.25) is 0 Å². The van der Waals surface area contributed by atoms with Gasteiger partial charge in [0.15, 0.2) is 0 Å². The van der Waals surface area contributed by atoms with Crippen LogP contribution in [-0.2, 0) is 6.42 Å². The molecule has 3 rings (SSSR count). The topological polar surface area (TPSA) is 53.6 Å². The van der Waals surface area contributed by atoms with Crippen LogP contribution in [0.25, 0.3) is 0 Å². The van der Waals surface area contributed by atoms with Gasteiger partial charge >= 0.3 is 6.03 Å². The first kappa shape index (κ1) is 17.6. The van der Waals surface area contributed by atoms with Gasteiger partial charge in [-0.05, 0) is 55.6 Å². The molecule has 0 saturated heterocycles. The number of nitrogens with zero attached hydrogens (tertiary/aromatic N) is 1. The van der Waals surface area contributed by atoms with Crippen LogP contribution in [0.5, 0.6) is 5.75 Å². The van der Waals surface area contributed by atoms with E-state index in [0.717, 1.165) is 18.8 Å². The lowest BCUT2D eigenvalue weighted by Gasteiger charge is -2.25. The Morgan fingerprint density at radius 3 is 2.72 bits per heavy atom. The number of ether oxygens (including phenoxy) is 1. The number of hydrogen-bond acceptors (Lipinski definition) is 3. The zero-order valence-electron chi connectivity index (χ0n) is 14.4. The van der Waals surface area contributed by atoms with E-state index in [4.69, 9.17) is 16.3 Å². The van der Waals surface area contributed by atoms with Crippen LogP contribution in [-0.4, -0.2) is 38.2 Å². The summed E-state index contributed by atoms with van der Waals surface area (Å²) in [5.74, 6) is 0.967. The van der Waals surface area contributed by atoms with Crippen molar-refractivity contribution in [3.63, 3.8) is 0 Å². The highest BCUT2D eigenvalue weighted by Gasteiger charge is 2.19. The maximum Gasteiger partial charge on any atom is 0.319 e. The molecule has 2 aromatic rings. The van der Waals surface area contributed by atoms with E-state index in [-0.39, 0.29) is 12.1 Å². The monoisotopic (exact) mass is 359 g/mol. The maximum atomic E-state index is 12.1. The summed E-state index contributed by atoms with van der Waals surface area (Å²) in [4.78, 5) is 14.2. The van der Waals surface area contributed by atoms with E-state index >= 15 is 0 Å². The van der Waals surface area contributed by atoms with E-state index in [1.807, 2.05) is 20.2 Å². The standard InChI is InChI=1S/C19H22ClN3O2/c1-23(2)17(13-3-8-18-14(11-13)9-10-25-18)12-21-19(24)22-16-6-4-15(20)5-7-16/h3-8,11,17H,9-10,12H2,1-2H3,(H2,21,22,24). The summed E-state index contributed by atoms with van der Waals surface area (Å²) in [6.45, 7) is 1.25. The van der Waals surface area contributed by atoms with Gasteiger partial charge in [-0.25, -0.2) is 4.79 Å². The van der Waals surface area contributed by atoms with Crippen molar-refractivity contribution in [2.75, 3.05) is 32.6 Å². The Balaban J connectivity index is 1.62. The number of halogens is 1. The molecule has 25 heavy (non-hydrogen) atoms. The zero-order chi connectivity index (χ0) is 17.8. The van der Waals surface area contributed by atoms with Gasteiger partial charge in [-0.3, -0.25) is 0 Å². The zero-order valence-corrected chi connectivity index (χ0v) is 15.1. The first-order valence-corrected chi connectivity index (χ1v) is 8.63. The molecular weight excluding hydrogens is 338 g/mol. The molecule has 1 aliphatic rings. The average Bonchev–Trinajstić information content (AvgIpc) is 3.04. The minimum Gasteiger partial charge on any atom is -0.493 e. The van der Waals surface area contributed by atoms with E-state index in [2.05, 4.69) is 27.7 Å². The summed E-state index contributed by atoms with van der Waals surface area (Å²) in [6, 6.07) is 13.1. The van der Waals surface area contributed by atoms with Gasteiger partial charge in [0, 0.05) is 23.7 Å². The second kappa shape index (κ2) is 7.76. The molecule has 1 unspecified atom stereocenters. The molecule has 2 N–H and O–H groups in total. The molecule has 1 atom stereocenters. The number of likely N-dealkylation sites (N-methyl/N-ethyl adjacent to an activating group) is 1. The molecule has 2 aromatic carbocycles. The van der Waals surface area contributed by atoms with Gasteiger partial charge in [-0.15, -0.1) is 0 Å². The van der Waals surface area contributed by atoms with Gasteiger partial charge in [-0.2, -0.15) is 0 Å². The van der Waals surface area contributed by atoms with Crippen LogP contribution in [0.4, 0.5) is 10.5 Å². The van der Waals surface area contributed by atoms with E-state index in [1.54, 1.807) is 24.3 Å². The minimum atomic E-state index is -0.237. The molecule has 0 bridgehead atoms. The fourth-order valence-electron chi connectivity index (χ4n) is 2.91. The Hall–Kier alpha value is -2.24. The normalized spacial score (nSPS) is 13.9. The highest BCUT2D eigenvalue weighted by atomic mass is 35.5. The van der Waals surface area contributed by atoms with Crippen LogP contribution in [0.3, 0.4) is 0 Å². The number of nitrogens with one attached hydrogen (secondary N) is 2. The smallest absolute Gasteiger partial charge is 0.319 e. The van der Waals surface area contributed by atoms with Crippen molar-refractivity contribution in [2.45, 2.75) is 12.5 Å². The summed E-state index contributed by atoms with van der Waals surface area (Å²) in [5.41, 5.74) is 3.11. The fraction of sp³-hybridized carbons (Fsp3) is 0.316. The molecule has 0 aliphatic carbocycles. The van der Waals surface area contributed by atoms with E-state index in [9.17, 15) is 4.79 Å². The van der Waals surface area contributed by atoms with Crippen molar-refractivity contribution < 1.29 is 9.53 Å². The van der Waals surface area contributed by atoms with Crippen molar-refractivity contribution >= 4 is 23.3 Å². The molecule has 6 heteroatoms. The highest BCUT2D eigenvalue weighted by molar-refractivity contribution is 6.30. The van der Waals surface area contributed by atoms with Gasteiger partial charge in [-0.1, -0.05) is 23.7 Å². The number of fused-ring (bicyclic) bond motifs is 1. The number of urea groups is 1. The predicted molar refractivity (Wildman–Crippen MR) is 101 cm³/mol. The van der Waals surface area contributed by atoms with Crippen LogP contribution in [0, 0.1) is 0 Å². The number of hydrogen-bond donors (Lipinski definition) is 2. The predicted octanol–water partition coefficient (Wildman–Crippen LogP) is 3.70. The molecule has 0 radical (unpaired) electrons.